The minimum Gasteiger partial charge on any atom is -0.385 e. The van der Waals surface area contributed by atoms with Crippen molar-refractivity contribution in [2.75, 3.05) is 6.54 Å². The predicted molar refractivity (Wildman–Crippen MR) is 79.8 cm³/mol. The lowest BCUT2D eigenvalue weighted by molar-refractivity contribution is -0.141. The van der Waals surface area contributed by atoms with Crippen LogP contribution in [0.15, 0.2) is 42.5 Å². The minimum absolute atomic E-state index is 0.0304. The molecule has 0 saturated carbocycles. The molecule has 3 rings (SSSR count). The van der Waals surface area contributed by atoms with Gasteiger partial charge in [-0.2, -0.15) is 13.2 Å². The number of nitrogens with one attached hydrogen (secondary N) is 1. The van der Waals surface area contributed by atoms with E-state index >= 15 is 0 Å². The summed E-state index contributed by atoms with van der Waals surface area (Å²) in [6.07, 6.45) is -3.85. The molecule has 0 radical (unpaired) electrons. The number of hydrogen-bond donors (Lipinski definition) is 2. The van der Waals surface area contributed by atoms with Crippen LogP contribution in [0.5, 0.6) is 0 Å². The molecule has 3 nitrogen and oxygen atoms in total. The van der Waals surface area contributed by atoms with Crippen molar-refractivity contribution in [3.8, 4) is 0 Å². The first-order valence-electron chi connectivity index (χ1n) is 7.46. The zero-order valence-electron chi connectivity index (χ0n) is 12.3. The third kappa shape index (κ3) is 3.71. The molecule has 2 aromatic rings. The van der Waals surface area contributed by atoms with E-state index in [-0.39, 0.29) is 18.3 Å². The molecule has 1 heterocycles. The van der Waals surface area contributed by atoms with Crippen LogP contribution in [0.2, 0.25) is 0 Å². The molecule has 122 valence electrons. The fourth-order valence-electron chi connectivity index (χ4n) is 2.88. The van der Waals surface area contributed by atoms with E-state index in [9.17, 15) is 18.3 Å². The number of benzene rings is 1. The number of hydrogen-bond acceptors (Lipinski definition) is 3. The highest BCUT2D eigenvalue weighted by atomic mass is 19.4. The van der Waals surface area contributed by atoms with Gasteiger partial charge in [-0.3, -0.25) is 0 Å². The summed E-state index contributed by atoms with van der Waals surface area (Å²) in [6, 6.07) is 11.9. The van der Waals surface area contributed by atoms with E-state index in [0.717, 1.165) is 18.9 Å². The number of aliphatic hydroxyl groups is 1. The van der Waals surface area contributed by atoms with Gasteiger partial charge in [0, 0.05) is 12.6 Å². The van der Waals surface area contributed by atoms with Gasteiger partial charge in [-0.25, -0.2) is 4.98 Å². The molecule has 0 spiro atoms. The van der Waals surface area contributed by atoms with E-state index in [4.69, 9.17) is 0 Å². The van der Waals surface area contributed by atoms with Crippen LogP contribution < -0.4 is 5.32 Å². The number of aliphatic hydroxyl groups excluding tert-OH is 1. The lowest BCUT2D eigenvalue weighted by Crippen LogP contribution is -2.33. The minimum atomic E-state index is -4.50. The Kier molecular flexibility index (Phi) is 4.37. The molecule has 0 amide bonds. The summed E-state index contributed by atoms with van der Waals surface area (Å²) in [5, 5.41) is 13.3. The molecule has 0 aliphatic heterocycles. The molecule has 1 aromatic heterocycles. The second kappa shape index (κ2) is 6.29. The van der Waals surface area contributed by atoms with E-state index in [1.165, 1.54) is 23.3 Å². The van der Waals surface area contributed by atoms with Gasteiger partial charge in [0.15, 0.2) is 0 Å². The predicted octanol–water partition coefficient (Wildman–Crippen LogP) is 2.89. The van der Waals surface area contributed by atoms with Gasteiger partial charge < -0.3 is 10.4 Å². The number of halogens is 3. The molecule has 0 bridgehead atoms. The maximum atomic E-state index is 12.7. The van der Waals surface area contributed by atoms with E-state index in [0.29, 0.717) is 0 Å². The standard InChI is InChI=1S/C17H17F3N2O/c18-17(19,20)16-7-3-6-14(22-16)15(23)10-21-13-8-11-4-1-2-5-12(11)9-13/h1-7,13,15,21,23H,8-10H2/t15-/m1/s1. The molecule has 2 N–H and O–H groups in total. The molecular weight excluding hydrogens is 305 g/mol. The second-order valence-electron chi connectivity index (χ2n) is 5.74. The van der Waals surface area contributed by atoms with E-state index in [2.05, 4.69) is 22.4 Å². The van der Waals surface area contributed by atoms with Crippen LogP contribution in [0.1, 0.15) is 28.6 Å². The van der Waals surface area contributed by atoms with Gasteiger partial charge in [0.05, 0.1) is 5.69 Å². The molecule has 1 aliphatic rings. The van der Waals surface area contributed by atoms with Crippen LogP contribution in [0.25, 0.3) is 0 Å². The van der Waals surface area contributed by atoms with Crippen LogP contribution in [0.4, 0.5) is 13.2 Å². The summed E-state index contributed by atoms with van der Waals surface area (Å²) in [7, 11) is 0. The third-order valence-corrected chi connectivity index (χ3v) is 4.05. The van der Waals surface area contributed by atoms with Gasteiger partial charge >= 0.3 is 6.18 Å². The number of rotatable bonds is 4. The Morgan fingerprint density at radius 2 is 1.74 bits per heavy atom. The first-order chi connectivity index (χ1) is 10.9. The van der Waals surface area contributed by atoms with Crippen molar-refractivity contribution in [2.24, 2.45) is 0 Å². The molecule has 1 aromatic carbocycles. The molecule has 0 fully saturated rings. The third-order valence-electron chi connectivity index (χ3n) is 4.05. The Bertz CT molecular complexity index is 663. The van der Waals surface area contributed by atoms with Gasteiger partial charge in [-0.15, -0.1) is 0 Å². The van der Waals surface area contributed by atoms with Crippen molar-refractivity contribution in [3.63, 3.8) is 0 Å². The zero-order chi connectivity index (χ0) is 16.4. The summed E-state index contributed by atoms with van der Waals surface area (Å²) in [5.41, 5.74) is 1.60. The Morgan fingerprint density at radius 1 is 1.09 bits per heavy atom. The topological polar surface area (TPSA) is 45.1 Å². The van der Waals surface area contributed by atoms with Crippen LogP contribution in [0.3, 0.4) is 0 Å². The van der Waals surface area contributed by atoms with Gasteiger partial charge in [0.1, 0.15) is 11.8 Å². The van der Waals surface area contributed by atoms with Crippen molar-refractivity contribution >= 4 is 0 Å². The highest BCUT2D eigenvalue weighted by Gasteiger charge is 2.33. The number of pyridine rings is 1. The van der Waals surface area contributed by atoms with Gasteiger partial charge in [0.25, 0.3) is 0 Å². The number of aromatic nitrogens is 1. The largest absolute Gasteiger partial charge is 0.433 e. The molecule has 1 atom stereocenters. The van der Waals surface area contributed by atoms with Gasteiger partial charge in [0.2, 0.25) is 0 Å². The van der Waals surface area contributed by atoms with Crippen molar-refractivity contribution < 1.29 is 18.3 Å². The monoisotopic (exact) mass is 322 g/mol. The van der Waals surface area contributed by atoms with Crippen LogP contribution >= 0.6 is 0 Å². The van der Waals surface area contributed by atoms with Crippen molar-refractivity contribution in [1.29, 1.82) is 0 Å². The molecule has 23 heavy (non-hydrogen) atoms. The summed E-state index contributed by atoms with van der Waals surface area (Å²) in [4.78, 5) is 3.51. The lowest BCUT2D eigenvalue weighted by atomic mass is 10.1. The smallest absolute Gasteiger partial charge is 0.385 e. The maximum Gasteiger partial charge on any atom is 0.433 e. The number of fused-ring (bicyclic) bond motifs is 1. The fraction of sp³-hybridized carbons (Fsp3) is 0.353. The van der Waals surface area contributed by atoms with Crippen molar-refractivity contribution in [2.45, 2.75) is 31.2 Å². The normalized spacial score (nSPS) is 16.3. The van der Waals surface area contributed by atoms with E-state index in [1.54, 1.807) is 0 Å². The molecule has 0 unspecified atom stereocenters. The van der Waals surface area contributed by atoms with E-state index in [1.807, 2.05) is 12.1 Å². The lowest BCUT2D eigenvalue weighted by Gasteiger charge is -2.17. The van der Waals surface area contributed by atoms with Crippen molar-refractivity contribution in [3.05, 3.63) is 65.0 Å². The van der Waals surface area contributed by atoms with Crippen LogP contribution in [-0.4, -0.2) is 22.7 Å². The van der Waals surface area contributed by atoms with Crippen LogP contribution in [-0.2, 0) is 19.0 Å². The number of nitrogens with zero attached hydrogens (tertiary/aromatic N) is 1. The Balaban J connectivity index is 1.59. The summed E-state index contributed by atoms with van der Waals surface area (Å²) >= 11 is 0. The Hall–Kier alpha value is -1.92. The first kappa shape index (κ1) is 16.0. The van der Waals surface area contributed by atoms with Gasteiger partial charge in [-0.05, 0) is 36.1 Å². The van der Waals surface area contributed by atoms with Crippen molar-refractivity contribution in [1.82, 2.24) is 10.3 Å². The quantitative estimate of drug-likeness (QED) is 0.910. The average molecular weight is 322 g/mol. The summed E-state index contributed by atoms with van der Waals surface area (Å²) in [5.74, 6) is 0. The highest BCUT2D eigenvalue weighted by Crippen LogP contribution is 2.28. The first-order valence-corrected chi connectivity index (χ1v) is 7.46. The Labute approximate surface area is 132 Å². The molecular formula is C17H17F3N2O. The van der Waals surface area contributed by atoms with Gasteiger partial charge in [-0.1, -0.05) is 30.3 Å². The SMILES string of the molecule is O[C@H](CNC1Cc2ccccc2C1)c1cccc(C(F)(F)F)n1. The summed E-state index contributed by atoms with van der Waals surface area (Å²) < 4.78 is 38.0. The van der Waals surface area contributed by atoms with Crippen LogP contribution in [0, 0.1) is 0 Å². The molecule has 0 saturated heterocycles. The zero-order valence-corrected chi connectivity index (χ0v) is 12.3. The maximum absolute atomic E-state index is 12.7. The average Bonchev–Trinajstić information content (AvgIpc) is 2.95. The fourth-order valence-corrected chi connectivity index (χ4v) is 2.88. The number of alkyl halides is 3. The second-order valence-corrected chi connectivity index (χ2v) is 5.74. The highest BCUT2D eigenvalue weighted by molar-refractivity contribution is 5.33. The summed E-state index contributed by atoms with van der Waals surface area (Å²) in [6.45, 7) is 0.174. The Morgan fingerprint density at radius 3 is 2.35 bits per heavy atom. The molecule has 1 aliphatic carbocycles. The van der Waals surface area contributed by atoms with E-state index < -0.39 is 18.0 Å². The molecule has 6 heteroatoms.